The molecule has 5 heteroatoms. The predicted molar refractivity (Wildman–Crippen MR) is 93.2 cm³/mol. The van der Waals surface area contributed by atoms with E-state index in [-0.39, 0.29) is 0 Å². The Hall–Kier alpha value is -1.27. The molecule has 0 atom stereocenters. The fourth-order valence-electron chi connectivity index (χ4n) is 2.16. The normalized spacial score (nSPS) is 11.2. The summed E-state index contributed by atoms with van der Waals surface area (Å²) in [5.74, 6) is 0. The van der Waals surface area contributed by atoms with Crippen LogP contribution in [0.2, 0.25) is 0 Å². The van der Waals surface area contributed by atoms with Gasteiger partial charge in [0.05, 0.1) is 4.70 Å². The van der Waals surface area contributed by atoms with Crippen LogP contribution in [-0.2, 0) is 0 Å². The first kappa shape index (κ1) is 12.5. The van der Waals surface area contributed by atoms with Crippen molar-refractivity contribution in [3.05, 3.63) is 57.9 Å². The smallest absolute Gasteiger partial charge is 0.167 e. The van der Waals surface area contributed by atoms with E-state index in [2.05, 4.69) is 40.3 Å². The van der Waals surface area contributed by atoms with Crippen LogP contribution in [0, 0.1) is 3.95 Å². The van der Waals surface area contributed by atoms with Crippen molar-refractivity contribution in [1.82, 2.24) is 4.57 Å². The van der Waals surface area contributed by atoms with Gasteiger partial charge in [-0.05, 0) is 41.9 Å². The number of nitrogens with zero attached hydrogens (tertiary/aromatic N) is 1. The van der Waals surface area contributed by atoms with Gasteiger partial charge in [-0.2, -0.15) is 0 Å². The van der Waals surface area contributed by atoms with Gasteiger partial charge in [0.25, 0.3) is 0 Å². The van der Waals surface area contributed by atoms with Gasteiger partial charge in [-0.15, -0.1) is 34.0 Å². The van der Waals surface area contributed by atoms with E-state index in [1.54, 1.807) is 22.7 Å². The Kier molecular flexibility index (Phi) is 3.07. The number of aromatic nitrogens is 1. The molecule has 4 aromatic rings. The Morgan fingerprint density at radius 3 is 2.50 bits per heavy atom. The van der Waals surface area contributed by atoms with Crippen molar-refractivity contribution < 1.29 is 0 Å². The van der Waals surface area contributed by atoms with Crippen LogP contribution >= 0.6 is 46.2 Å². The number of fused-ring (bicyclic) bond motifs is 1. The van der Waals surface area contributed by atoms with Crippen molar-refractivity contribution >= 4 is 55.8 Å². The minimum Gasteiger partial charge on any atom is -0.283 e. The Balaban J connectivity index is 1.97. The Labute approximate surface area is 133 Å². The molecule has 3 aromatic heterocycles. The lowest BCUT2D eigenvalue weighted by molar-refractivity contribution is 1.14. The van der Waals surface area contributed by atoms with Gasteiger partial charge in [0.15, 0.2) is 3.95 Å². The molecule has 0 fully saturated rings. The van der Waals surface area contributed by atoms with Crippen LogP contribution in [0.4, 0.5) is 0 Å². The summed E-state index contributed by atoms with van der Waals surface area (Å²) >= 11 is 10.8. The van der Waals surface area contributed by atoms with Crippen LogP contribution in [0.15, 0.2) is 53.9 Å². The first-order valence-corrected chi connectivity index (χ1v) is 9.00. The lowest BCUT2D eigenvalue weighted by Crippen LogP contribution is -1.90. The third-order valence-corrected chi connectivity index (χ3v) is 6.68. The molecule has 0 amide bonds. The maximum absolute atomic E-state index is 5.52. The van der Waals surface area contributed by atoms with E-state index < -0.39 is 0 Å². The van der Waals surface area contributed by atoms with Gasteiger partial charge in [0.2, 0.25) is 0 Å². The van der Waals surface area contributed by atoms with Gasteiger partial charge in [0.1, 0.15) is 4.83 Å². The monoisotopic (exact) mass is 331 g/mol. The molecule has 0 unspecified atom stereocenters. The van der Waals surface area contributed by atoms with Gasteiger partial charge in [-0.3, -0.25) is 4.57 Å². The molecule has 4 rings (SSSR count). The van der Waals surface area contributed by atoms with Crippen molar-refractivity contribution in [2.75, 3.05) is 0 Å². The van der Waals surface area contributed by atoms with E-state index in [9.17, 15) is 0 Å². The fraction of sp³-hybridized carbons (Fsp3) is 0. The molecule has 20 heavy (non-hydrogen) atoms. The molecule has 1 aromatic carbocycles. The lowest BCUT2D eigenvalue weighted by atomic mass is 10.3. The molecule has 0 aliphatic carbocycles. The lowest BCUT2D eigenvalue weighted by Gasteiger charge is -2.02. The van der Waals surface area contributed by atoms with Crippen molar-refractivity contribution in [2.45, 2.75) is 0 Å². The van der Waals surface area contributed by atoms with Gasteiger partial charge in [-0.25, -0.2) is 0 Å². The quantitative estimate of drug-likeness (QED) is 0.395. The topological polar surface area (TPSA) is 4.93 Å². The SMILES string of the molecule is S=c1sc2cc(-c3cccs3)sc2n1-c1ccccc1. The summed E-state index contributed by atoms with van der Waals surface area (Å²) in [4.78, 5) is 3.89. The first-order chi connectivity index (χ1) is 9.83. The van der Waals surface area contributed by atoms with Gasteiger partial charge in [-0.1, -0.05) is 24.3 Å². The van der Waals surface area contributed by atoms with E-state index in [4.69, 9.17) is 12.2 Å². The van der Waals surface area contributed by atoms with E-state index in [0.29, 0.717) is 0 Å². The third-order valence-electron chi connectivity index (χ3n) is 3.04. The molecule has 0 saturated carbocycles. The molecule has 98 valence electrons. The second kappa shape index (κ2) is 4.93. The fourth-order valence-corrected chi connectivity index (χ4v) is 5.80. The zero-order chi connectivity index (χ0) is 13.5. The minimum absolute atomic E-state index is 0.912. The van der Waals surface area contributed by atoms with Crippen molar-refractivity contribution in [1.29, 1.82) is 0 Å². The van der Waals surface area contributed by atoms with E-state index >= 15 is 0 Å². The molecule has 0 aliphatic rings. The highest BCUT2D eigenvalue weighted by atomic mass is 32.1. The molecule has 0 spiro atoms. The Bertz CT molecular complexity index is 910. The van der Waals surface area contributed by atoms with Crippen LogP contribution in [-0.4, -0.2) is 4.57 Å². The molecule has 1 nitrogen and oxygen atoms in total. The first-order valence-electron chi connectivity index (χ1n) is 6.07. The average Bonchev–Trinajstić information content (AvgIpc) is 3.14. The summed E-state index contributed by atoms with van der Waals surface area (Å²) in [6.45, 7) is 0. The number of thiazole rings is 1. The van der Waals surface area contributed by atoms with Gasteiger partial charge in [0, 0.05) is 15.4 Å². The second-order valence-electron chi connectivity index (χ2n) is 4.30. The summed E-state index contributed by atoms with van der Waals surface area (Å²) in [7, 11) is 0. The Morgan fingerprint density at radius 2 is 1.75 bits per heavy atom. The zero-order valence-electron chi connectivity index (χ0n) is 10.3. The molecule has 0 N–H and O–H groups in total. The van der Waals surface area contributed by atoms with E-state index in [0.717, 1.165) is 9.64 Å². The summed E-state index contributed by atoms with van der Waals surface area (Å²) in [6, 6.07) is 16.9. The number of thiophene rings is 2. The van der Waals surface area contributed by atoms with Crippen LogP contribution in [0.5, 0.6) is 0 Å². The Morgan fingerprint density at radius 1 is 0.900 bits per heavy atom. The van der Waals surface area contributed by atoms with Crippen LogP contribution in [0.1, 0.15) is 0 Å². The van der Waals surface area contributed by atoms with Crippen LogP contribution < -0.4 is 0 Å². The molecule has 0 aliphatic heterocycles. The molecular formula is C15H9NS4. The molecule has 0 radical (unpaired) electrons. The maximum Gasteiger partial charge on any atom is 0.167 e. The second-order valence-corrected chi connectivity index (χ2v) is 7.95. The van der Waals surface area contributed by atoms with Crippen LogP contribution in [0.25, 0.3) is 25.0 Å². The molecule has 0 saturated heterocycles. The average molecular weight is 332 g/mol. The number of benzene rings is 1. The number of para-hydroxylation sites is 1. The summed E-state index contributed by atoms with van der Waals surface area (Å²) in [6.07, 6.45) is 0. The summed E-state index contributed by atoms with van der Waals surface area (Å²) < 4.78 is 4.36. The zero-order valence-corrected chi connectivity index (χ0v) is 13.5. The van der Waals surface area contributed by atoms with Crippen molar-refractivity contribution in [3.63, 3.8) is 0 Å². The van der Waals surface area contributed by atoms with Gasteiger partial charge < -0.3 is 0 Å². The largest absolute Gasteiger partial charge is 0.283 e. The van der Waals surface area contributed by atoms with E-state index in [1.807, 2.05) is 29.5 Å². The maximum atomic E-state index is 5.52. The van der Waals surface area contributed by atoms with E-state index in [1.165, 1.54) is 19.3 Å². The molecular weight excluding hydrogens is 322 g/mol. The summed E-state index contributed by atoms with van der Waals surface area (Å²) in [5.41, 5.74) is 1.14. The highest BCUT2D eigenvalue weighted by Crippen LogP contribution is 2.39. The third kappa shape index (κ3) is 1.98. The molecule has 3 heterocycles. The van der Waals surface area contributed by atoms with Crippen molar-refractivity contribution in [3.8, 4) is 15.4 Å². The van der Waals surface area contributed by atoms with Crippen LogP contribution in [0.3, 0.4) is 0 Å². The minimum atomic E-state index is 0.912. The number of hydrogen-bond donors (Lipinski definition) is 0. The predicted octanol–water partition coefficient (Wildman–Crippen LogP) is 6.21. The standard InChI is InChI=1S/C15H9NS4/c17-15-16(10-5-2-1-3-6-10)14-13(20-15)9-12(19-14)11-7-4-8-18-11/h1-9H. The van der Waals surface area contributed by atoms with Crippen molar-refractivity contribution in [2.24, 2.45) is 0 Å². The summed E-state index contributed by atoms with van der Waals surface area (Å²) in [5, 5.41) is 2.12. The highest BCUT2D eigenvalue weighted by Gasteiger charge is 2.12. The number of rotatable bonds is 2. The van der Waals surface area contributed by atoms with Gasteiger partial charge >= 0.3 is 0 Å². The number of hydrogen-bond acceptors (Lipinski definition) is 4. The highest BCUT2D eigenvalue weighted by molar-refractivity contribution is 7.73. The molecule has 0 bridgehead atoms.